The van der Waals surface area contributed by atoms with E-state index in [2.05, 4.69) is 10.6 Å². The normalized spacial score (nSPS) is 10.4. The van der Waals surface area contributed by atoms with Crippen molar-refractivity contribution in [2.45, 2.75) is 18.2 Å². The van der Waals surface area contributed by atoms with E-state index < -0.39 is 5.82 Å². The molecule has 0 aliphatic rings. The van der Waals surface area contributed by atoms with E-state index in [-0.39, 0.29) is 33.8 Å². The summed E-state index contributed by atoms with van der Waals surface area (Å²) in [6.07, 6.45) is 0.700. The lowest BCUT2D eigenvalue weighted by atomic mass is 10.1. The van der Waals surface area contributed by atoms with Crippen LogP contribution in [-0.2, 0) is 11.2 Å². The van der Waals surface area contributed by atoms with Crippen LogP contribution in [0.5, 0.6) is 0 Å². The summed E-state index contributed by atoms with van der Waals surface area (Å²) in [5.74, 6) is -1.46. The molecule has 0 aliphatic carbocycles. The lowest BCUT2D eigenvalue weighted by molar-refractivity contribution is -0.113. The molecule has 0 bridgehead atoms. The second kappa shape index (κ2) is 11.2. The van der Waals surface area contributed by atoms with Crippen LogP contribution < -0.4 is 10.6 Å². The molecule has 3 rings (SSSR count). The lowest BCUT2D eigenvalue weighted by Crippen LogP contribution is -2.27. The predicted octanol–water partition coefficient (Wildman–Crippen LogP) is 4.73. The fraction of sp³-hybridized carbons (Fsp3) is 0.160. The first-order chi connectivity index (χ1) is 15.4. The van der Waals surface area contributed by atoms with Crippen molar-refractivity contribution >= 4 is 35.0 Å². The molecular formula is C25H23FN2O3S. The molecule has 3 aromatic rings. The fourth-order valence-corrected chi connectivity index (χ4v) is 3.74. The number of hydrogen-bond acceptors (Lipinski definition) is 4. The molecule has 0 fully saturated rings. The largest absolute Gasteiger partial charge is 0.352 e. The Labute approximate surface area is 190 Å². The summed E-state index contributed by atoms with van der Waals surface area (Å²) in [7, 11) is 0. The molecule has 7 heteroatoms. The van der Waals surface area contributed by atoms with Gasteiger partial charge in [-0.3, -0.25) is 14.4 Å². The molecule has 0 aromatic heterocycles. The summed E-state index contributed by atoms with van der Waals surface area (Å²) in [6.45, 7) is 1.83. The van der Waals surface area contributed by atoms with Gasteiger partial charge in [-0.1, -0.05) is 48.5 Å². The molecule has 5 nitrogen and oxygen atoms in total. The van der Waals surface area contributed by atoms with E-state index in [9.17, 15) is 18.8 Å². The van der Waals surface area contributed by atoms with Crippen LogP contribution in [-0.4, -0.2) is 29.9 Å². The van der Waals surface area contributed by atoms with Crippen LogP contribution in [0.25, 0.3) is 0 Å². The van der Waals surface area contributed by atoms with Gasteiger partial charge in [-0.05, 0) is 43.2 Å². The van der Waals surface area contributed by atoms with E-state index in [0.717, 1.165) is 23.4 Å². The Morgan fingerprint density at radius 2 is 1.66 bits per heavy atom. The molecule has 0 aliphatic heterocycles. The Kier molecular flexibility index (Phi) is 8.16. The predicted molar refractivity (Wildman–Crippen MR) is 125 cm³/mol. The molecule has 0 saturated heterocycles. The minimum Gasteiger partial charge on any atom is -0.352 e. The SMILES string of the molecule is CC(=O)c1ccc(SCC(=O)Nc2ccccc2C(=O)NCCc2ccccc2)c(F)c1. The molecule has 164 valence electrons. The Balaban J connectivity index is 1.56. The zero-order chi connectivity index (χ0) is 22.9. The van der Waals surface area contributed by atoms with Crippen LogP contribution in [0.15, 0.2) is 77.7 Å². The van der Waals surface area contributed by atoms with Gasteiger partial charge < -0.3 is 10.6 Å². The first-order valence-corrected chi connectivity index (χ1v) is 11.1. The van der Waals surface area contributed by atoms with Crippen LogP contribution in [0.3, 0.4) is 0 Å². The van der Waals surface area contributed by atoms with Crippen molar-refractivity contribution in [1.29, 1.82) is 0 Å². The molecule has 32 heavy (non-hydrogen) atoms. The highest BCUT2D eigenvalue weighted by Gasteiger charge is 2.14. The minimum absolute atomic E-state index is 0.0414. The number of ketones is 1. The molecule has 0 heterocycles. The zero-order valence-electron chi connectivity index (χ0n) is 17.6. The Morgan fingerprint density at radius 3 is 2.38 bits per heavy atom. The number of amides is 2. The van der Waals surface area contributed by atoms with Crippen molar-refractivity contribution in [3.8, 4) is 0 Å². The number of carbonyl (C=O) groups is 3. The quantitative estimate of drug-likeness (QED) is 0.365. The van der Waals surface area contributed by atoms with Crippen molar-refractivity contribution in [1.82, 2.24) is 5.32 Å². The number of para-hydroxylation sites is 1. The molecule has 0 saturated carbocycles. The number of Topliss-reactive ketones (excluding diaryl/α,β-unsaturated/α-hetero) is 1. The van der Waals surface area contributed by atoms with Gasteiger partial charge in [-0.15, -0.1) is 11.8 Å². The summed E-state index contributed by atoms with van der Waals surface area (Å²) in [5.41, 5.74) is 2.15. The Bertz CT molecular complexity index is 1120. The van der Waals surface area contributed by atoms with E-state index in [0.29, 0.717) is 24.2 Å². The van der Waals surface area contributed by atoms with Crippen molar-refractivity contribution in [3.63, 3.8) is 0 Å². The van der Waals surface area contributed by atoms with Gasteiger partial charge >= 0.3 is 0 Å². The molecule has 0 spiro atoms. The van der Waals surface area contributed by atoms with Crippen molar-refractivity contribution in [2.24, 2.45) is 0 Å². The van der Waals surface area contributed by atoms with Gasteiger partial charge in [0, 0.05) is 17.0 Å². The first kappa shape index (κ1) is 23.2. The lowest BCUT2D eigenvalue weighted by Gasteiger charge is -2.12. The summed E-state index contributed by atoms with van der Waals surface area (Å²) >= 11 is 1.02. The number of nitrogens with one attached hydrogen (secondary N) is 2. The zero-order valence-corrected chi connectivity index (χ0v) is 18.4. The number of carbonyl (C=O) groups excluding carboxylic acids is 3. The summed E-state index contributed by atoms with van der Waals surface area (Å²) < 4.78 is 14.1. The average molecular weight is 451 g/mol. The third-order valence-corrected chi connectivity index (χ3v) is 5.73. The average Bonchev–Trinajstić information content (AvgIpc) is 2.79. The van der Waals surface area contributed by atoms with Crippen LogP contribution in [0.4, 0.5) is 10.1 Å². The second-order valence-electron chi connectivity index (χ2n) is 7.08. The maximum atomic E-state index is 14.1. The number of anilines is 1. The van der Waals surface area contributed by atoms with Crippen LogP contribution in [0, 0.1) is 5.82 Å². The summed E-state index contributed by atoms with van der Waals surface area (Å²) in [5, 5.41) is 5.59. The van der Waals surface area contributed by atoms with Crippen LogP contribution in [0.1, 0.15) is 33.2 Å². The Hall–Kier alpha value is -3.45. The summed E-state index contributed by atoms with van der Waals surface area (Å²) in [6, 6.07) is 20.7. The standard InChI is InChI=1S/C25H23FN2O3S/c1-17(29)19-11-12-23(21(26)15-19)32-16-24(30)28-22-10-6-5-9-20(22)25(31)27-14-13-18-7-3-2-4-8-18/h2-12,15H,13-14,16H2,1H3,(H,27,31)(H,28,30). The van der Waals surface area contributed by atoms with Gasteiger partial charge in [0.05, 0.1) is 17.0 Å². The van der Waals surface area contributed by atoms with E-state index in [1.165, 1.54) is 19.1 Å². The molecule has 2 N–H and O–H groups in total. The van der Waals surface area contributed by atoms with Gasteiger partial charge in [-0.25, -0.2) is 4.39 Å². The van der Waals surface area contributed by atoms with Gasteiger partial charge in [0.15, 0.2) is 5.78 Å². The van der Waals surface area contributed by atoms with Gasteiger partial charge in [-0.2, -0.15) is 0 Å². The second-order valence-corrected chi connectivity index (χ2v) is 8.09. The number of rotatable bonds is 9. The minimum atomic E-state index is -0.548. The molecular weight excluding hydrogens is 427 g/mol. The van der Waals surface area contributed by atoms with Crippen LogP contribution >= 0.6 is 11.8 Å². The maximum absolute atomic E-state index is 14.1. The van der Waals surface area contributed by atoms with Crippen molar-refractivity contribution in [2.75, 3.05) is 17.6 Å². The highest BCUT2D eigenvalue weighted by molar-refractivity contribution is 8.00. The molecule has 0 radical (unpaired) electrons. The molecule has 2 amide bonds. The smallest absolute Gasteiger partial charge is 0.253 e. The first-order valence-electron chi connectivity index (χ1n) is 10.1. The summed E-state index contributed by atoms with van der Waals surface area (Å²) in [4.78, 5) is 36.6. The van der Waals surface area contributed by atoms with Crippen molar-refractivity contribution < 1.29 is 18.8 Å². The number of hydrogen-bond donors (Lipinski definition) is 2. The van der Waals surface area contributed by atoms with Crippen molar-refractivity contribution in [3.05, 3.63) is 95.3 Å². The topological polar surface area (TPSA) is 75.3 Å². The van der Waals surface area contributed by atoms with E-state index in [4.69, 9.17) is 0 Å². The number of halogens is 1. The van der Waals surface area contributed by atoms with Gasteiger partial charge in [0.1, 0.15) is 5.82 Å². The molecule has 0 unspecified atom stereocenters. The third kappa shape index (κ3) is 6.52. The highest BCUT2D eigenvalue weighted by Crippen LogP contribution is 2.23. The third-order valence-electron chi connectivity index (χ3n) is 4.69. The maximum Gasteiger partial charge on any atom is 0.253 e. The van der Waals surface area contributed by atoms with Gasteiger partial charge in [0.25, 0.3) is 5.91 Å². The number of thioether (sulfide) groups is 1. The molecule has 3 aromatic carbocycles. The van der Waals surface area contributed by atoms with E-state index in [1.807, 2.05) is 30.3 Å². The van der Waals surface area contributed by atoms with E-state index in [1.54, 1.807) is 24.3 Å². The van der Waals surface area contributed by atoms with Crippen LogP contribution in [0.2, 0.25) is 0 Å². The van der Waals surface area contributed by atoms with E-state index >= 15 is 0 Å². The Morgan fingerprint density at radius 1 is 0.938 bits per heavy atom. The molecule has 0 atom stereocenters. The highest BCUT2D eigenvalue weighted by atomic mass is 32.2. The number of benzene rings is 3. The monoisotopic (exact) mass is 450 g/mol. The van der Waals surface area contributed by atoms with Gasteiger partial charge in [0.2, 0.25) is 5.91 Å². The fourth-order valence-electron chi connectivity index (χ4n) is 3.02.